The lowest BCUT2D eigenvalue weighted by molar-refractivity contribution is -0.118. The van der Waals surface area contributed by atoms with Gasteiger partial charge in [0.15, 0.2) is 0 Å². The lowest BCUT2D eigenvalue weighted by Crippen LogP contribution is -2.21. The zero-order chi connectivity index (χ0) is 12.3. The van der Waals surface area contributed by atoms with Crippen LogP contribution in [0.3, 0.4) is 0 Å². The van der Waals surface area contributed by atoms with E-state index in [4.69, 9.17) is 0 Å². The number of carbonyl (C=O) groups excluding carboxylic acids is 1. The summed E-state index contributed by atoms with van der Waals surface area (Å²) in [5, 5.41) is 4.05. The first-order valence-corrected chi connectivity index (χ1v) is 6.97. The number of amides is 1. The predicted molar refractivity (Wildman–Crippen MR) is 74.5 cm³/mol. The molecule has 0 unspecified atom stereocenters. The predicted octanol–water partition coefficient (Wildman–Crippen LogP) is 3.11. The third kappa shape index (κ3) is 2.82. The molecule has 2 N–H and O–H groups in total. The molecule has 2 rings (SSSR count). The van der Waals surface area contributed by atoms with Crippen molar-refractivity contribution < 1.29 is 4.79 Å². The number of fused-ring (bicyclic) bond motifs is 1. The summed E-state index contributed by atoms with van der Waals surface area (Å²) in [7, 11) is 0. The number of aromatic amines is 1. The van der Waals surface area contributed by atoms with Gasteiger partial charge in [-0.05, 0) is 30.5 Å². The lowest BCUT2D eigenvalue weighted by atomic mass is 10.2. The number of hydrogen-bond acceptors (Lipinski definition) is 2. The van der Waals surface area contributed by atoms with Gasteiger partial charge in [-0.2, -0.15) is 11.8 Å². The van der Waals surface area contributed by atoms with Crippen LogP contribution < -0.4 is 5.32 Å². The number of benzene rings is 1. The van der Waals surface area contributed by atoms with Crippen molar-refractivity contribution in [1.82, 2.24) is 4.98 Å². The molecule has 0 spiro atoms. The van der Waals surface area contributed by atoms with Crippen LogP contribution in [-0.2, 0) is 4.79 Å². The molecule has 0 radical (unpaired) electrons. The van der Waals surface area contributed by atoms with Crippen LogP contribution in [-0.4, -0.2) is 22.9 Å². The average molecular weight is 248 g/mol. The monoisotopic (exact) mass is 248 g/mol. The Morgan fingerprint density at radius 3 is 3.06 bits per heavy atom. The van der Waals surface area contributed by atoms with Crippen LogP contribution in [0.4, 0.5) is 5.69 Å². The molecule has 0 aliphatic heterocycles. The third-order valence-corrected chi connectivity index (χ3v) is 3.52. The Hall–Kier alpha value is -1.42. The smallest absolute Gasteiger partial charge is 0.228 e. The van der Waals surface area contributed by atoms with Crippen LogP contribution >= 0.6 is 11.8 Å². The van der Waals surface area contributed by atoms with Crippen LogP contribution in [0.25, 0.3) is 10.9 Å². The maximum Gasteiger partial charge on any atom is 0.228 e. The zero-order valence-electron chi connectivity index (χ0n) is 9.99. The van der Waals surface area contributed by atoms with E-state index in [-0.39, 0.29) is 11.8 Å². The van der Waals surface area contributed by atoms with Crippen molar-refractivity contribution in [2.45, 2.75) is 6.92 Å². The maximum atomic E-state index is 11.8. The van der Waals surface area contributed by atoms with Gasteiger partial charge < -0.3 is 10.3 Å². The van der Waals surface area contributed by atoms with Crippen LogP contribution in [0.15, 0.2) is 30.5 Å². The zero-order valence-corrected chi connectivity index (χ0v) is 10.8. The van der Waals surface area contributed by atoms with Gasteiger partial charge in [0.05, 0.1) is 0 Å². The van der Waals surface area contributed by atoms with Gasteiger partial charge in [0.2, 0.25) is 5.91 Å². The minimum Gasteiger partial charge on any atom is -0.361 e. The molecule has 0 saturated carbocycles. The maximum absolute atomic E-state index is 11.8. The summed E-state index contributed by atoms with van der Waals surface area (Å²) in [5.41, 5.74) is 1.94. The molecular formula is C13H16N2OS. The minimum atomic E-state index is 0.0342. The summed E-state index contributed by atoms with van der Waals surface area (Å²) >= 11 is 1.69. The van der Waals surface area contributed by atoms with Crippen LogP contribution in [0.2, 0.25) is 0 Å². The Bertz CT molecular complexity index is 521. The molecule has 17 heavy (non-hydrogen) atoms. The molecule has 1 aromatic carbocycles. The number of nitrogens with one attached hydrogen (secondary N) is 2. The second kappa shape index (κ2) is 5.27. The molecule has 0 fully saturated rings. The number of carbonyl (C=O) groups is 1. The summed E-state index contributed by atoms with van der Waals surface area (Å²) in [6.07, 6.45) is 3.91. The molecule has 1 amide bonds. The van der Waals surface area contributed by atoms with E-state index in [1.165, 1.54) is 0 Å². The van der Waals surface area contributed by atoms with Crippen molar-refractivity contribution in [1.29, 1.82) is 0 Å². The highest BCUT2D eigenvalue weighted by atomic mass is 32.2. The van der Waals surface area contributed by atoms with Gasteiger partial charge in [0, 0.05) is 34.5 Å². The third-order valence-electron chi connectivity index (χ3n) is 2.69. The Kier molecular flexibility index (Phi) is 3.74. The fourth-order valence-corrected chi connectivity index (χ4v) is 2.37. The first-order valence-electron chi connectivity index (χ1n) is 5.57. The molecule has 90 valence electrons. The standard InChI is InChI=1S/C13H16N2OS/c1-9(8-17-2)13(16)15-11-3-4-12-10(7-11)5-6-14-12/h3-7,9,14H,8H2,1-2H3,(H,15,16)/t9-/m0/s1. The van der Waals surface area contributed by atoms with E-state index < -0.39 is 0 Å². The molecule has 0 bridgehead atoms. The van der Waals surface area contributed by atoms with Gasteiger partial charge in [0.1, 0.15) is 0 Å². The molecule has 4 heteroatoms. The van der Waals surface area contributed by atoms with Crippen molar-refractivity contribution in [3.63, 3.8) is 0 Å². The van der Waals surface area contributed by atoms with Gasteiger partial charge in [-0.3, -0.25) is 4.79 Å². The summed E-state index contributed by atoms with van der Waals surface area (Å²) in [5.74, 6) is 0.958. The molecular weight excluding hydrogens is 232 g/mol. The van der Waals surface area contributed by atoms with E-state index in [0.717, 1.165) is 22.3 Å². The Morgan fingerprint density at radius 2 is 2.29 bits per heavy atom. The van der Waals surface area contributed by atoms with Crippen molar-refractivity contribution in [2.24, 2.45) is 5.92 Å². The van der Waals surface area contributed by atoms with E-state index in [1.807, 2.05) is 43.6 Å². The highest BCUT2D eigenvalue weighted by Gasteiger charge is 2.12. The second-order valence-electron chi connectivity index (χ2n) is 4.13. The van der Waals surface area contributed by atoms with E-state index in [1.54, 1.807) is 11.8 Å². The first kappa shape index (κ1) is 12.0. The molecule has 0 aliphatic rings. The molecule has 1 aromatic heterocycles. The van der Waals surface area contributed by atoms with Crippen LogP contribution in [0.1, 0.15) is 6.92 Å². The number of thioether (sulfide) groups is 1. The quantitative estimate of drug-likeness (QED) is 0.873. The largest absolute Gasteiger partial charge is 0.361 e. The Morgan fingerprint density at radius 1 is 1.47 bits per heavy atom. The minimum absolute atomic E-state index is 0.0342. The summed E-state index contributed by atoms with van der Waals surface area (Å²) < 4.78 is 0. The number of H-pyrrole nitrogens is 1. The van der Waals surface area contributed by atoms with Gasteiger partial charge in [0.25, 0.3) is 0 Å². The van der Waals surface area contributed by atoms with Gasteiger partial charge in [-0.15, -0.1) is 0 Å². The van der Waals surface area contributed by atoms with Gasteiger partial charge >= 0.3 is 0 Å². The fourth-order valence-electron chi connectivity index (χ4n) is 1.72. The molecule has 0 saturated heterocycles. The summed E-state index contributed by atoms with van der Waals surface area (Å²) in [6.45, 7) is 1.95. The van der Waals surface area contributed by atoms with Crippen LogP contribution in [0, 0.1) is 5.92 Å². The first-order chi connectivity index (χ1) is 8.20. The lowest BCUT2D eigenvalue weighted by Gasteiger charge is -2.10. The average Bonchev–Trinajstić information content (AvgIpc) is 2.76. The fraction of sp³-hybridized carbons (Fsp3) is 0.308. The second-order valence-corrected chi connectivity index (χ2v) is 5.04. The normalized spacial score (nSPS) is 12.6. The SMILES string of the molecule is CSC[C@H](C)C(=O)Nc1ccc2[nH]ccc2c1. The van der Waals surface area contributed by atoms with E-state index >= 15 is 0 Å². The molecule has 1 heterocycles. The molecule has 2 aromatic rings. The van der Waals surface area contributed by atoms with Crippen molar-refractivity contribution in [3.8, 4) is 0 Å². The highest BCUT2D eigenvalue weighted by molar-refractivity contribution is 7.98. The van der Waals surface area contributed by atoms with Crippen molar-refractivity contribution >= 4 is 34.3 Å². The summed E-state index contributed by atoms with van der Waals surface area (Å²) in [4.78, 5) is 15.0. The van der Waals surface area contributed by atoms with E-state index in [9.17, 15) is 4.79 Å². The number of rotatable bonds is 4. The van der Waals surface area contributed by atoms with E-state index in [2.05, 4.69) is 10.3 Å². The number of aromatic nitrogens is 1. The van der Waals surface area contributed by atoms with Crippen molar-refractivity contribution in [3.05, 3.63) is 30.5 Å². The Labute approximate surface area is 105 Å². The van der Waals surface area contributed by atoms with Gasteiger partial charge in [-0.25, -0.2) is 0 Å². The topological polar surface area (TPSA) is 44.9 Å². The highest BCUT2D eigenvalue weighted by Crippen LogP contribution is 2.18. The molecule has 1 atom stereocenters. The molecule has 0 aliphatic carbocycles. The van der Waals surface area contributed by atoms with Gasteiger partial charge in [-0.1, -0.05) is 6.92 Å². The summed E-state index contributed by atoms with van der Waals surface area (Å²) in [6, 6.07) is 7.87. The number of anilines is 1. The number of hydrogen-bond donors (Lipinski definition) is 2. The molecule has 3 nitrogen and oxygen atoms in total. The van der Waals surface area contributed by atoms with Crippen LogP contribution in [0.5, 0.6) is 0 Å². The van der Waals surface area contributed by atoms with Crippen molar-refractivity contribution in [2.75, 3.05) is 17.3 Å². The Balaban J connectivity index is 2.09. The van der Waals surface area contributed by atoms with E-state index in [0.29, 0.717) is 0 Å².